The van der Waals surface area contributed by atoms with Gasteiger partial charge in [-0.05, 0) is 114 Å². The Morgan fingerprint density at radius 3 is 1.61 bits per heavy atom. The second kappa shape index (κ2) is 10.1. The number of rotatable bonds is 5. The summed E-state index contributed by atoms with van der Waals surface area (Å²) in [6.07, 6.45) is 8.28. The van der Waals surface area contributed by atoms with Gasteiger partial charge in [0.2, 0.25) is 0 Å². The van der Waals surface area contributed by atoms with Crippen LogP contribution in [0.1, 0.15) is 38.5 Å². The summed E-state index contributed by atoms with van der Waals surface area (Å²) in [6, 6.07) is 48.8. The third kappa shape index (κ3) is 3.95. The predicted octanol–water partition coefficient (Wildman–Crippen LogP) is 12.2. The molecular formula is C44H37NO. The van der Waals surface area contributed by atoms with Crippen LogP contribution in [-0.2, 0) is 0 Å². The summed E-state index contributed by atoms with van der Waals surface area (Å²) in [7, 11) is 0. The minimum atomic E-state index is 0.212. The molecule has 0 aliphatic heterocycles. The second-order valence-electron chi connectivity index (χ2n) is 14.3. The highest BCUT2D eigenvalue weighted by atomic mass is 16.3. The molecule has 224 valence electrons. The molecule has 1 heterocycles. The Kier molecular flexibility index (Phi) is 5.79. The standard InChI is InChI=1S/C44H37NO/c1-3-11-32(12-4-1)40-41-38-17-9-7-15-36(38)37-16-8-10-18-39(37)43(41)46-42(40)33-19-21-35(22-20-33)45(34-13-5-2-6-14-34)44-26-29-23-30(27-44)25-31(24-29)28-44/h1-22,29-31H,23-28H2. The highest BCUT2D eigenvalue weighted by molar-refractivity contribution is 6.28. The van der Waals surface area contributed by atoms with Crippen molar-refractivity contribution in [3.63, 3.8) is 0 Å². The molecule has 0 unspecified atom stereocenters. The number of hydrogen-bond acceptors (Lipinski definition) is 2. The largest absolute Gasteiger partial charge is 0.455 e. The molecule has 2 nitrogen and oxygen atoms in total. The summed E-state index contributed by atoms with van der Waals surface area (Å²) in [5.74, 6) is 3.58. The highest BCUT2D eigenvalue weighted by Gasteiger charge is 2.54. The van der Waals surface area contributed by atoms with Gasteiger partial charge in [0.05, 0.1) is 0 Å². The molecule has 46 heavy (non-hydrogen) atoms. The van der Waals surface area contributed by atoms with E-state index in [1.807, 2.05) is 0 Å². The Labute approximate surface area is 270 Å². The van der Waals surface area contributed by atoms with E-state index in [1.165, 1.54) is 82.6 Å². The first kappa shape index (κ1) is 26.4. The maximum atomic E-state index is 7.03. The van der Waals surface area contributed by atoms with Crippen molar-refractivity contribution < 1.29 is 4.42 Å². The molecule has 0 atom stereocenters. The smallest absolute Gasteiger partial charge is 0.143 e. The summed E-state index contributed by atoms with van der Waals surface area (Å²) < 4.78 is 7.03. The fourth-order valence-electron chi connectivity index (χ4n) is 10.2. The van der Waals surface area contributed by atoms with Gasteiger partial charge in [0.15, 0.2) is 0 Å². The van der Waals surface area contributed by atoms with Gasteiger partial charge in [0, 0.05) is 38.8 Å². The van der Waals surface area contributed by atoms with Crippen LogP contribution >= 0.6 is 0 Å². The van der Waals surface area contributed by atoms with Crippen LogP contribution in [-0.4, -0.2) is 5.54 Å². The lowest BCUT2D eigenvalue weighted by molar-refractivity contribution is 0.000557. The zero-order valence-electron chi connectivity index (χ0n) is 26.0. The van der Waals surface area contributed by atoms with Crippen LogP contribution in [0.2, 0.25) is 0 Å². The molecule has 11 rings (SSSR count). The Balaban J connectivity index is 1.17. The second-order valence-corrected chi connectivity index (χ2v) is 14.3. The lowest BCUT2D eigenvalue weighted by atomic mass is 9.52. The third-order valence-electron chi connectivity index (χ3n) is 11.5. The van der Waals surface area contributed by atoms with Gasteiger partial charge < -0.3 is 9.32 Å². The average Bonchev–Trinajstić information content (AvgIpc) is 3.50. The zero-order valence-corrected chi connectivity index (χ0v) is 26.0. The van der Waals surface area contributed by atoms with Crippen LogP contribution in [0.25, 0.3) is 55.0 Å². The summed E-state index contributed by atoms with van der Waals surface area (Å²) >= 11 is 0. The Hall–Kier alpha value is -4.82. The number of hydrogen-bond donors (Lipinski definition) is 0. The molecule has 4 aliphatic rings. The van der Waals surface area contributed by atoms with Crippen molar-refractivity contribution in [2.45, 2.75) is 44.1 Å². The third-order valence-corrected chi connectivity index (χ3v) is 11.5. The van der Waals surface area contributed by atoms with E-state index >= 15 is 0 Å². The van der Waals surface area contributed by atoms with Crippen LogP contribution in [0.15, 0.2) is 138 Å². The topological polar surface area (TPSA) is 16.4 Å². The van der Waals surface area contributed by atoms with Crippen molar-refractivity contribution >= 4 is 43.9 Å². The normalized spacial score (nSPS) is 23.4. The molecule has 0 radical (unpaired) electrons. The molecule has 4 aliphatic carbocycles. The number of anilines is 2. The van der Waals surface area contributed by atoms with Gasteiger partial charge in [0.25, 0.3) is 0 Å². The molecule has 4 saturated carbocycles. The van der Waals surface area contributed by atoms with Crippen molar-refractivity contribution in [2.75, 3.05) is 4.90 Å². The van der Waals surface area contributed by atoms with Gasteiger partial charge in [-0.3, -0.25) is 0 Å². The molecule has 4 fully saturated rings. The molecule has 0 saturated heterocycles. The average molecular weight is 596 g/mol. The van der Waals surface area contributed by atoms with Crippen molar-refractivity contribution in [1.29, 1.82) is 0 Å². The molecule has 2 heteroatoms. The van der Waals surface area contributed by atoms with E-state index in [-0.39, 0.29) is 5.54 Å². The lowest BCUT2D eigenvalue weighted by Gasteiger charge is -2.61. The minimum Gasteiger partial charge on any atom is -0.455 e. The van der Waals surface area contributed by atoms with Crippen LogP contribution in [0.5, 0.6) is 0 Å². The molecule has 4 bridgehead atoms. The summed E-state index contributed by atoms with van der Waals surface area (Å²) in [5, 5.41) is 6.08. The number of furan rings is 1. The van der Waals surface area contributed by atoms with Gasteiger partial charge in [0.1, 0.15) is 11.3 Å². The quantitative estimate of drug-likeness (QED) is 0.184. The van der Waals surface area contributed by atoms with E-state index in [0.29, 0.717) is 0 Å². The fraction of sp³-hybridized carbons (Fsp3) is 0.227. The monoisotopic (exact) mass is 595 g/mol. The van der Waals surface area contributed by atoms with Gasteiger partial charge in [-0.1, -0.05) is 97.1 Å². The fourth-order valence-corrected chi connectivity index (χ4v) is 10.2. The summed E-state index contributed by atoms with van der Waals surface area (Å²) in [6.45, 7) is 0. The zero-order chi connectivity index (χ0) is 30.2. The first-order valence-corrected chi connectivity index (χ1v) is 17.1. The first-order chi connectivity index (χ1) is 22.7. The van der Waals surface area contributed by atoms with E-state index in [1.54, 1.807) is 0 Å². The highest BCUT2D eigenvalue weighted by Crippen LogP contribution is 2.60. The van der Waals surface area contributed by atoms with E-state index in [4.69, 9.17) is 4.42 Å². The van der Waals surface area contributed by atoms with Crippen molar-refractivity contribution in [1.82, 2.24) is 0 Å². The van der Waals surface area contributed by atoms with Crippen LogP contribution < -0.4 is 4.90 Å². The molecule has 7 aromatic rings. The van der Waals surface area contributed by atoms with Gasteiger partial charge in [-0.15, -0.1) is 0 Å². The molecular weight excluding hydrogens is 558 g/mol. The Morgan fingerprint density at radius 2 is 0.978 bits per heavy atom. The van der Waals surface area contributed by atoms with Gasteiger partial charge in [-0.2, -0.15) is 0 Å². The molecule has 1 aromatic heterocycles. The van der Waals surface area contributed by atoms with E-state index in [2.05, 4.69) is 138 Å². The summed E-state index contributed by atoms with van der Waals surface area (Å²) in [4.78, 5) is 2.74. The van der Waals surface area contributed by atoms with Crippen LogP contribution in [0, 0.1) is 17.8 Å². The first-order valence-electron chi connectivity index (χ1n) is 17.1. The molecule has 0 N–H and O–H groups in total. The number of para-hydroxylation sites is 1. The molecule has 0 spiro atoms. The van der Waals surface area contributed by atoms with E-state index in [9.17, 15) is 0 Å². The Bertz CT molecular complexity index is 2190. The lowest BCUT2D eigenvalue weighted by Crippen LogP contribution is -2.58. The maximum Gasteiger partial charge on any atom is 0.143 e. The van der Waals surface area contributed by atoms with E-state index < -0.39 is 0 Å². The molecule has 0 amide bonds. The van der Waals surface area contributed by atoms with Crippen molar-refractivity contribution in [2.24, 2.45) is 17.8 Å². The van der Waals surface area contributed by atoms with Crippen LogP contribution in [0.3, 0.4) is 0 Å². The van der Waals surface area contributed by atoms with Crippen molar-refractivity contribution in [3.8, 4) is 22.5 Å². The molecule has 6 aromatic carbocycles. The van der Waals surface area contributed by atoms with Gasteiger partial charge in [-0.25, -0.2) is 0 Å². The maximum absolute atomic E-state index is 7.03. The predicted molar refractivity (Wildman–Crippen MR) is 192 cm³/mol. The van der Waals surface area contributed by atoms with Crippen LogP contribution in [0.4, 0.5) is 11.4 Å². The number of benzene rings is 6. The van der Waals surface area contributed by atoms with E-state index in [0.717, 1.165) is 40.0 Å². The van der Waals surface area contributed by atoms with Gasteiger partial charge >= 0.3 is 0 Å². The number of nitrogens with zero attached hydrogens (tertiary/aromatic N) is 1. The summed E-state index contributed by atoms with van der Waals surface area (Å²) in [5.41, 5.74) is 7.27. The minimum absolute atomic E-state index is 0.212. The Morgan fingerprint density at radius 1 is 0.478 bits per heavy atom. The van der Waals surface area contributed by atoms with Crippen molar-refractivity contribution in [3.05, 3.63) is 133 Å². The number of fused-ring (bicyclic) bond motifs is 6. The SMILES string of the molecule is c1ccc(-c2c(-c3ccc(N(c4ccccc4)C45CC6CC(CC(C6)C4)C5)cc3)oc3c4ccccc4c4ccccc4c23)cc1.